The van der Waals surface area contributed by atoms with Crippen molar-refractivity contribution in [1.29, 1.82) is 0 Å². The third kappa shape index (κ3) is 11.1. The van der Waals surface area contributed by atoms with E-state index in [0.717, 1.165) is 61.0 Å². The highest BCUT2D eigenvalue weighted by molar-refractivity contribution is 8.01. The van der Waals surface area contributed by atoms with Gasteiger partial charge in [0.1, 0.15) is 34.6 Å². The van der Waals surface area contributed by atoms with Gasteiger partial charge in [-0.05, 0) is 0 Å². The quantitative estimate of drug-likeness (QED) is 0.0771. The van der Waals surface area contributed by atoms with E-state index in [2.05, 4.69) is 16.0 Å². The Morgan fingerprint density at radius 3 is 1.21 bits per heavy atom. The molecule has 0 spiro atoms. The molecule has 4 fully saturated rings. The monoisotopic (exact) mass is 891 g/mol. The summed E-state index contributed by atoms with van der Waals surface area (Å²) in [7, 11) is 1.30. The molecule has 0 aromatic carbocycles. The maximum atomic E-state index is 12.8. The molecule has 22 nitrogen and oxygen atoms in total. The van der Waals surface area contributed by atoms with E-state index in [1.807, 2.05) is 0 Å². The van der Waals surface area contributed by atoms with E-state index >= 15 is 0 Å². The minimum absolute atomic E-state index is 0.549. The lowest BCUT2D eigenvalue weighted by Crippen LogP contribution is -2.68. The molecule has 20 atom stereocenters. The summed E-state index contributed by atoms with van der Waals surface area (Å²) in [6.45, 7) is 1.76. The zero-order chi connectivity index (χ0) is 43.3. The normalized spacial score (nSPS) is 43.2. The first-order chi connectivity index (χ1) is 27.3. The number of ether oxygens (including phenoxy) is 4. The number of carbonyl (C=O) groups is 4. The zero-order valence-electron chi connectivity index (χ0n) is 32.2. The highest BCUT2D eigenvalue weighted by atomic mass is 32.2. The number of nitrogens with zero attached hydrogens (tertiary/aromatic N) is 1. The molecule has 4 heterocycles. The average molecular weight is 892 g/mol. The van der Waals surface area contributed by atoms with Crippen molar-refractivity contribution < 1.29 is 89.2 Å². The smallest absolute Gasteiger partial charge is 0.219 e. The third-order valence-electron chi connectivity index (χ3n) is 10.3. The molecule has 0 unspecified atom stereocenters. The molecule has 4 saturated heterocycles. The molecule has 4 aliphatic rings. The Labute approximate surface area is 346 Å². The van der Waals surface area contributed by atoms with Gasteiger partial charge in [-0.15, -0.1) is 35.3 Å². The van der Waals surface area contributed by atoms with Crippen LogP contribution in [0.3, 0.4) is 0 Å². The first kappa shape index (κ1) is 49.0. The number of hydrogen-bond donors (Lipinski definition) is 12. The average Bonchev–Trinajstić information content (AvgIpc) is 3.16. The van der Waals surface area contributed by atoms with Gasteiger partial charge in [0.2, 0.25) is 23.6 Å². The number of hydrogen-bond acceptors (Lipinski definition) is 21. The van der Waals surface area contributed by atoms with Gasteiger partial charge in [0.25, 0.3) is 0 Å². The van der Waals surface area contributed by atoms with E-state index in [-0.39, 0.29) is 0 Å². The highest BCUT2D eigenvalue weighted by Gasteiger charge is 2.55. The first-order valence-corrected chi connectivity index (χ1v) is 21.2. The number of likely N-dealkylation sites (N-methyl/N-ethyl adjacent to an activating group) is 1. The van der Waals surface area contributed by atoms with Crippen LogP contribution in [0.15, 0.2) is 0 Å². The number of nitrogens with one attached hydrogen (secondary N) is 3. The van der Waals surface area contributed by atoms with Crippen molar-refractivity contribution in [1.82, 2.24) is 20.9 Å². The second-order valence-corrected chi connectivity index (χ2v) is 18.3. The van der Waals surface area contributed by atoms with Crippen LogP contribution in [0.5, 0.6) is 0 Å². The summed E-state index contributed by atoms with van der Waals surface area (Å²) in [5.41, 5.74) is -3.78. The first-order valence-electron chi connectivity index (χ1n) is 18.4. The van der Waals surface area contributed by atoms with Crippen molar-refractivity contribution >= 4 is 58.9 Å². The van der Waals surface area contributed by atoms with Gasteiger partial charge in [-0.2, -0.15) is 0 Å². The SMILES string of the molecule is CC(=O)N[C@@H]1[C@@H](O)[C@H](S[C@@H]2O[C@H](CO)[C@@H](O)[C@H](O)[C@H]2NC(C)=O)[C@@H](CO)O[C@H]1S[C@H]1[C@H](O)[C@@H](NC(C)=O)[C@H](S[C@H]2[C@H](O)[C@@H](N(C)C(C)=O)[C@@H]([O-])O[C@@H]2CO)O[C@@H]1CO. The van der Waals surface area contributed by atoms with Crippen LogP contribution in [-0.2, 0) is 38.1 Å². The topological polar surface area (TPSA) is 350 Å². The van der Waals surface area contributed by atoms with Crippen LogP contribution in [0.2, 0.25) is 0 Å². The van der Waals surface area contributed by atoms with E-state index in [1.54, 1.807) is 0 Å². The van der Waals surface area contributed by atoms with Gasteiger partial charge in [-0.25, -0.2) is 0 Å². The lowest BCUT2D eigenvalue weighted by Gasteiger charge is -2.52. The Morgan fingerprint density at radius 1 is 0.534 bits per heavy atom. The molecule has 0 radical (unpaired) electrons. The van der Waals surface area contributed by atoms with E-state index in [0.29, 0.717) is 0 Å². The summed E-state index contributed by atoms with van der Waals surface area (Å²) in [6, 6.07) is -5.25. The van der Waals surface area contributed by atoms with E-state index in [4.69, 9.17) is 18.9 Å². The molecular weight excluding hydrogens is 837 g/mol. The van der Waals surface area contributed by atoms with Gasteiger partial charge in [0.15, 0.2) is 0 Å². The molecular formula is C33H55N4O18S3-. The van der Waals surface area contributed by atoms with E-state index < -0.39 is 168 Å². The molecule has 334 valence electrons. The van der Waals surface area contributed by atoms with Crippen LogP contribution >= 0.6 is 35.3 Å². The Bertz CT molecular complexity index is 1410. The van der Waals surface area contributed by atoms with Crippen molar-refractivity contribution in [2.75, 3.05) is 33.5 Å². The fourth-order valence-corrected chi connectivity index (χ4v) is 12.1. The highest BCUT2D eigenvalue weighted by Crippen LogP contribution is 2.45. The van der Waals surface area contributed by atoms with Crippen molar-refractivity contribution in [2.24, 2.45) is 0 Å². The molecule has 0 aromatic rings. The van der Waals surface area contributed by atoms with Crippen LogP contribution in [0, 0.1) is 0 Å². The molecule has 4 amide bonds. The molecule has 0 saturated carbocycles. The van der Waals surface area contributed by atoms with Crippen LogP contribution in [-0.4, -0.2) is 225 Å². The number of aliphatic hydroxyl groups excluding tert-OH is 9. The summed E-state index contributed by atoms with van der Waals surface area (Å²) in [4.78, 5) is 50.2. The van der Waals surface area contributed by atoms with Gasteiger partial charge >= 0.3 is 0 Å². The van der Waals surface area contributed by atoms with Gasteiger partial charge in [0.05, 0.1) is 103 Å². The second-order valence-electron chi connectivity index (χ2n) is 14.5. The largest absolute Gasteiger partial charge is 0.829 e. The Kier molecular flexibility index (Phi) is 18.1. The predicted molar refractivity (Wildman–Crippen MR) is 202 cm³/mol. The summed E-state index contributed by atoms with van der Waals surface area (Å²) in [5, 5.41) is 114. The van der Waals surface area contributed by atoms with Crippen LogP contribution in [0.25, 0.3) is 0 Å². The van der Waals surface area contributed by atoms with Crippen LogP contribution in [0.1, 0.15) is 27.7 Å². The Morgan fingerprint density at radius 2 is 0.862 bits per heavy atom. The standard InChI is InChI=1S/C33H55N4O18S3/c1-10(42)34-18-23(47)22(46)14(6-38)53-31(18)56-27-16(8-40)54-32(19(24(27)48)35-11(2)43)57-28-17(9-41)55-33(20(25(28)49)36-12(3)44)58-29-15(7-39)52-30(51)21(26(29)50)37(5)13(4)45/h14-33,38-41,46-50H,6-9H2,1-5H3,(H,34,42)(H,35,43)(H,36,44)/q-1/t14-,15-,16-,17-,18-,19-,20-,21-,22-,23-,24-,25-,26-,27-,28-,29-,30+,31+,32+,33+/m1/s1. The number of aliphatic hydroxyl groups is 9. The van der Waals surface area contributed by atoms with Gasteiger partial charge < -0.3 is 90.9 Å². The third-order valence-corrected chi connectivity index (χ3v) is 15.0. The van der Waals surface area contributed by atoms with Crippen LogP contribution < -0.4 is 21.1 Å². The Hall–Kier alpha value is -1.63. The minimum Gasteiger partial charge on any atom is -0.829 e. The Balaban J connectivity index is 1.62. The van der Waals surface area contributed by atoms with E-state index in [9.17, 15) is 70.2 Å². The van der Waals surface area contributed by atoms with Crippen LogP contribution in [0.4, 0.5) is 0 Å². The van der Waals surface area contributed by atoms with Gasteiger partial charge in [0, 0.05) is 41.0 Å². The molecule has 4 aliphatic heterocycles. The van der Waals surface area contributed by atoms with E-state index in [1.165, 1.54) is 14.0 Å². The molecule has 25 heteroatoms. The molecule has 0 bridgehead atoms. The number of thioether (sulfide) groups is 3. The summed E-state index contributed by atoms with van der Waals surface area (Å²) >= 11 is 2.40. The van der Waals surface area contributed by atoms with Crippen molar-refractivity contribution in [3.63, 3.8) is 0 Å². The lowest BCUT2D eigenvalue weighted by atomic mass is 9.98. The fraction of sp³-hybridized carbons (Fsp3) is 0.879. The molecule has 0 aromatic heterocycles. The maximum Gasteiger partial charge on any atom is 0.219 e. The number of amides is 4. The molecule has 0 aliphatic carbocycles. The van der Waals surface area contributed by atoms with Gasteiger partial charge in [-0.3, -0.25) is 19.2 Å². The summed E-state index contributed by atoms with van der Waals surface area (Å²) in [5.74, 6) is -2.39. The second kappa shape index (κ2) is 21.4. The van der Waals surface area contributed by atoms with Gasteiger partial charge in [-0.1, -0.05) is 0 Å². The minimum atomic E-state index is -1.93. The summed E-state index contributed by atoms with van der Waals surface area (Å²) in [6.07, 6.45) is -15.0. The fourth-order valence-electron chi connectivity index (χ4n) is 7.37. The van der Waals surface area contributed by atoms with Crippen molar-refractivity contribution in [3.8, 4) is 0 Å². The molecule has 4 rings (SSSR count). The maximum absolute atomic E-state index is 12.8. The molecule has 58 heavy (non-hydrogen) atoms. The molecule has 12 N–H and O–H groups in total. The summed E-state index contributed by atoms with van der Waals surface area (Å²) < 4.78 is 23.7. The zero-order valence-corrected chi connectivity index (χ0v) is 34.7. The number of carbonyl (C=O) groups excluding carboxylic acids is 4. The van der Waals surface area contributed by atoms with Crippen molar-refractivity contribution in [3.05, 3.63) is 0 Å². The van der Waals surface area contributed by atoms with Crippen molar-refractivity contribution in [2.45, 2.75) is 145 Å². The lowest BCUT2D eigenvalue weighted by molar-refractivity contribution is -0.519. The number of rotatable bonds is 14. The predicted octanol–water partition coefficient (Wildman–Crippen LogP) is -7.31.